The van der Waals surface area contributed by atoms with Crippen molar-refractivity contribution in [2.24, 2.45) is 0 Å². The molecule has 0 heterocycles. The third kappa shape index (κ3) is 24.0. The SMILES string of the molecule is CCCCCCOCCCCCC.[B+2].[Cl-].[Cl-]. The second-order valence-corrected chi connectivity index (χ2v) is 3.73. The average Bonchev–Trinajstić information content (AvgIpc) is 2.16. The normalized spacial score (nSPS) is 8.62. The van der Waals surface area contributed by atoms with Crippen LogP contribution in [0.5, 0.6) is 0 Å². The predicted octanol–water partition coefficient (Wildman–Crippen LogP) is -2.21. The maximum atomic E-state index is 5.53. The largest absolute Gasteiger partial charge is 2.00 e. The van der Waals surface area contributed by atoms with Crippen LogP contribution in [0, 0.1) is 0 Å². The molecule has 0 atom stereocenters. The molecule has 0 aliphatic carbocycles. The van der Waals surface area contributed by atoms with Crippen molar-refractivity contribution in [1.29, 1.82) is 0 Å². The number of ether oxygens (including phenoxy) is 1. The fourth-order valence-corrected chi connectivity index (χ4v) is 1.36. The van der Waals surface area contributed by atoms with Crippen molar-refractivity contribution >= 4 is 8.41 Å². The molecule has 0 aromatic carbocycles. The molecular weight excluding hydrogens is 242 g/mol. The van der Waals surface area contributed by atoms with Crippen molar-refractivity contribution in [3.8, 4) is 0 Å². The van der Waals surface area contributed by atoms with Gasteiger partial charge in [-0.1, -0.05) is 52.4 Å². The quantitative estimate of drug-likeness (QED) is 0.322. The first-order valence-electron chi connectivity index (χ1n) is 5.99. The fourth-order valence-electron chi connectivity index (χ4n) is 1.36. The number of rotatable bonds is 10. The monoisotopic (exact) mass is 267 g/mol. The van der Waals surface area contributed by atoms with E-state index in [0.717, 1.165) is 13.2 Å². The van der Waals surface area contributed by atoms with Crippen LogP contribution in [0.2, 0.25) is 0 Å². The molecule has 0 bridgehead atoms. The van der Waals surface area contributed by atoms with Gasteiger partial charge in [-0.15, -0.1) is 0 Å². The van der Waals surface area contributed by atoms with E-state index in [-0.39, 0.29) is 33.2 Å². The molecule has 0 amide bonds. The molecule has 0 rings (SSSR count). The van der Waals surface area contributed by atoms with Gasteiger partial charge in [0.15, 0.2) is 0 Å². The molecule has 0 aromatic rings. The smallest absolute Gasteiger partial charge is 1.00 e. The summed E-state index contributed by atoms with van der Waals surface area (Å²) in [4.78, 5) is 0. The third-order valence-corrected chi connectivity index (χ3v) is 2.28. The van der Waals surface area contributed by atoms with Crippen LogP contribution in [0.3, 0.4) is 0 Å². The summed E-state index contributed by atoms with van der Waals surface area (Å²) < 4.78 is 5.53. The first-order chi connectivity index (χ1) is 6.41. The molecule has 0 aliphatic heterocycles. The van der Waals surface area contributed by atoms with Crippen LogP contribution in [-0.4, -0.2) is 21.6 Å². The maximum Gasteiger partial charge on any atom is 2.00 e. The Morgan fingerprint density at radius 1 is 0.625 bits per heavy atom. The minimum absolute atomic E-state index is 0. The van der Waals surface area contributed by atoms with Gasteiger partial charge < -0.3 is 29.6 Å². The van der Waals surface area contributed by atoms with Gasteiger partial charge in [0.1, 0.15) is 0 Å². The summed E-state index contributed by atoms with van der Waals surface area (Å²) in [6.07, 6.45) is 10.5. The van der Waals surface area contributed by atoms with Gasteiger partial charge in [0.25, 0.3) is 0 Å². The van der Waals surface area contributed by atoms with E-state index in [0.29, 0.717) is 0 Å². The van der Waals surface area contributed by atoms with E-state index < -0.39 is 0 Å². The van der Waals surface area contributed by atoms with Gasteiger partial charge in [-0.05, 0) is 12.8 Å². The minimum atomic E-state index is 0. The van der Waals surface area contributed by atoms with Gasteiger partial charge in [-0.25, -0.2) is 0 Å². The molecule has 0 unspecified atom stereocenters. The van der Waals surface area contributed by atoms with E-state index in [1.807, 2.05) is 0 Å². The van der Waals surface area contributed by atoms with E-state index in [1.54, 1.807) is 0 Å². The Bertz CT molecular complexity index is 85.1. The molecule has 0 aromatic heterocycles. The molecule has 0 aliphatic rings. The molecule has 1 nitrogen and oxygen atoms in total. The molecule has 1 radical (unpaired) electrons. The second-order valence-electron chi connectivity index (χ2n) is 3.73. The second kappa shape index (κ2) is 24.7. The molecule has 4 heteroatoms. The number of hydrogen-bond donors (Lipinski definition) is 0. The fraction of sp³-hybridized carbons (Fsp3) is 1.00. The van der Waals surface area contributed by atoms with Crippen molar-refractivity contribution in [2.75, 3.05) is 13.2 Å². The predicted molar refractivity (Wildman–Crippen MR) is 64.9 cm³/mol. The summed E-state index contributed by atoms with van der Waals surface area (Å²) in [6, 6.07) is 0. The zero-order chi connectivity index (χ0) is 9.78. The van der Waals surface area contributed by atoms with Crippen molar-refractivity contribution < 1.29 is 29.6 Å². The van der Waals surface area contributed by atoms with E-state index in [1.165, 1.54) is 51.4 Å². The van der Waals surface area contributed by atoms with Crippen molar-refractivity contribution in [2.45, 2.75) is 65.2 Å². The molecule has 97 valence electrons. The number of hydrogen-bond acceptors (Lipinski definition) is 1. The average molecular weight is 268 g/mol. The molecule has 0 N–H and O–H groups in total. The molecule has 0 saturated heterocycles. The van der Waals surface area contributed by atoms with Crippen LogP contribution >= 0.6 is 0 Å². The summed E-state index contributed by atoms with van der Waals surface area (Å²) in [5, 5.41) is 0. The van der Waals surface area contributed by atoms with E-state index in [2.05, 4.69) is 13.8 Å². The van der Waals surface area contributed by atoms with E-state index in [9.17, 15) is 0 Å². The van der Waals surface area contributed by atoms with E-state index in [4.69, 9.17) is 4.74 Å². The molecule has 16 heavy (non-hydrogen) atoms. The first-order valence-corrected chi connectivity index (χ1v) is 5.99. The van der Waals surface area contributed by atoms with Gasteiger partial charge in [-0.2, -0.15) is 0 Å². The van der Waals surface area contributed by atoms with Crippen LogP contribution in [0.25, 0.3) is 0 Å². The zero-order valence-electron chi connectivity index (χ0n) is 10.8. The van der Waals surface area contributed by atoms with Gasteiger partial charge in [-0.3, -0.25) is 0 Å². The molecule has 0 fully saturated rings. The summed E-state index contributed by atoms with van der Waals surface area (Å²) in [6.45, 7) is 6.44. The van der Waals surface area contributed by atoms with Gasteiger partial charge >= 0.3 is 8.41 Å². The zero-order valence-corrected chi connectivity index (χ0v) is 12.3. The van der Waals surface area contributed by atoms with Crippen LogP contribution < -0.4 is 24.8 Å². The topological polar surface area (TPSA) is 9.23 Å². The Hall–Kier alpha value is 0.605. The minimum Gasteiger partial charge on any atom is -1.00 e. The summed E-state index contributed by atoms with van der Waals surface area (Å²) >= 11 is 0. The Balaban J connectivity index is -0.000000240. The molecule has 0 saturated carbocycles. The Morgan fingerprint density at radius 3 is 1.31 bits per heavy atom. The van der Waals surface area contributed by atoms with Crippen LogP contribution in [0.4, 0.5) is 0 Å². The number of halogens is 2. The summed E-state index contributed by atoms with van der Waals surface area (Å²) in [7, 11) is 0. The number of unbranched alkanes of at least 4 members (excludes halogenated alkanes) is 6. The first kappa shape index (κ1) is 25.4. The van der Waals surface area contributed by atoms with Gasteiger partial charge in [0.2, 0.25) is 0 Å². The van der Waals surface area contributed by atoms with Crippen LogP contribution in [0.1, 0.15) is 65.2 Å². The summed E-state index contributed by atoms with van der Waals surface area (Å²) in [5.41, 5.74) is 0. The molecular formula is C12H26BCl2O. The summed E-state index contributed by atoms with van der Waals surface area (Å²) in [5.74, 6) is 0. The van der Waals surface area contributed by atoms with Crippen LogP contribution in [0.15, 0.2) is 0 Å². The maximum absolute atomic E-state index is 5.53. The Morgan fingerprint density at radius 2 is 1.00 bits per heavy atom. The Labute approximate surface area is 116 Å². The van der Waals surface area contributed by atoms with Crippen molar-refractivity contribution in [3.05, 3.63) is 0 Å². The van der Waals surface area contributed by atoms with Crippen LogP contribution in [-0.2, 0) is 4.74 Å². The van der Waals surface area contributed by atoms with Gasteiger partial charge in [0.05, 0.1) is 0 Å². The third-order valence-electron chi connectivity index (χ3n) is 2.28. The standard InChI is InChI=1S/C12H26O.B.2ClH/c1-3-5-7-9-11-13-12-10-8-6-4-2;;;/h3-12H2,1-2H3;;2*1H/q;+2;;/p-2. The molecule has 0 spiro atoms. The van der Waals surface area contributed by atoms with E-state index >= 15 is 0 Å². The van der Waals surface area contributed by atoms with Gasteiger partial charge in [0, 0.05) is 13.2 Å². The Kier molecular flexibility index (Phi) is 39.3. The van der Waals surface area contributed by atoms with Crippen molar-refractivity contribution in [1.82, 2.24) is 0 Å². The van der Waals surface area contributed by atoms with Crippen molar-refractivity contribution in [3.63, 3.8) is 0 Å².